The molecule has 24 heavy (non-hydrogen) atoms. The lowest BCUT2D eigenvalue weighted by molar-refractivity contribution is 0.0695. The number of hydrogen-bond donors (Lipinski definition) is 1. The number of benzene rings is 1. The van der Waals surface area contributed by atoms with Gasteiger partial charge in [-0.3, -0.25) is 9.10 Å². The van der Waals surface area contributed by atoms with E-state index in [9.17, 15) is 14.7 Å². The number of aryl methyl sites for hydroxylation is 1. The largest absolute Gasteiger partial charge is 0.478 e. The van der Waals surface area contributed by atoms with Crippen molar-refractivity contribution >= 4 is 23.8 Å². The topological polar surface area (TPSA) is 62.5 Å². The predicted molar refractivity (Wildman–Crippen MR) is 97.0 cm³/mol. The Morgan fingerprint density at radius 3 is 2.38 bits per heavy atom. The molecule has 0 unspecified atom stereocenters. The van der Waals surface area contributed by atoms with Gasteiger partial charge in [-0.2, -0.15) is 0 Å². The van der Waals surface area contributed by atoms with Crippen LogP contribution in [0.3, 0.4) is 0 Å². The molecule has 0 spiro atoms. The maximum absolute atomic E-state index is 12.9. The molecule has 0 aliphatic heterocycles. The highest BCUT2D eigenvalue weighted by Crippen LogP contribution is 2.26. The van der Waals surface area contributed by atoms with Gasteiger partial charge >= 0.3 is 5.97 Å². The Bertz CT molecular complexity index is 768. The Hall–Kier alpha value is -2.21. The fraction of sp³-hybridized carbons (Fsp3) is 0.333. The highest BCUT2D eigenvalue weighted by Gasteiger charge is 2.22. The molecule has 0 saturated heterocycles. The second-order valence-electron chi connectivity index (χ2n) is 5.36. The van der Waals surface area contributed by atoms with E-state index in [1.165, 1.54) is 11.9 Å². The molecule has 0 fully saturated rings. The molecule has 0 saturated carbocycles. The molecule has 1 aromatic carbocycles. The first-order chi connectivity index (χ1) is 11.4. The first-order valence-electron chi connectivity index (χ1n) is 7.88. The highest BCUT2D eigenvalue weighted by atomic mass is 32.2. The number of carboxylic acid groups (broad SMARTS) is 1. The van der Waals surface area contributed by atoms with Crippen molar-refractivity contribution in [2.45, 2.75) is 27.7 Å². The standard InChI is InChI=1S/C18H22N2O3S/c1-5-19(24-6-2)17(21)14-9-7-8-10-16(14)20-12(3)11-15(13(20)4)18(22)23/h7-11H,5-6H2,1-4H3,(H,22,23). The van der Waals surface area contributed by atoms with Crippen LogP contribution >= 0.6 is 11.9 Å². The summed E-state index contributed by atoms with van der Waals surface area (Å²) in [6.07, 6.45) is 0. The molecule has 0 atom stereocenters. The molecular weight excluding hydrogens is 324 g/mol. The van der Waals surface area contributed by atoms with Crippen LogP contribution in [0.2, 0.25) is 0 Å². The maximum atomic E-state index is 12.9. The number of carbonyl (C=O) groups excluding carboxylic acids is 1. The van der Waals surface area contributed by atoms with Gasteiger partial charge in [-0.25, -0.2) is 4.79 Å². The van der Waals surface area contributed by atoms with Crippen LogP contribution < -0.4 is 0 Å². The Kier molecular flexibility index (Phi) is 5.72. The Labute approximate surface area is 146 Å². The van der Waals surface area contributed by atoms with Crippen LogP contribution in [0.5, 0.6) is 0 Å². The van der Waals surface area contributed by atoms with E-state index in [0.29, 0.717) is 23.5 Å². The van der Waals surface area contributed by atoms with Crippen LogP contribution in [0.15, 0.2) is 30.3 Å². The summed E-state index contributed by atoms with van der Waals surface area (Å²) in [6.45, 7) is 8.16. The van der Waals surface area contributed by atoms with Crippen LogP contribution in [-0.4, -0.2) is 38.2 Å². The normalized spacial score (nSPS) is 10.7. The van der Waals surface area contributed by atoms with Crippen molar-refractivity contribution in [1.82, 2.24) is 8.87 Å². The van der Waals surface area contributed by atoms with Gasteiger partial charge in [0.25, 0.3) is 5.91 Å². The van der Waals surface area contributed by atoms with E-state index in [0.717, 1.165) is 11.4 Å². The maximum Gasteiger partial charge on any atom is 0.337 e. The quantitative estimate of drug-likeness (QED) is 0.805. The number of aromatic nitrogens is 1. The van der Waals surface area contributed by atoms with Gasteiger partial charge in [0, 0.05) is 23.7 Å². The van der Waals surface area contributed by atoms with E-state index < -0.39 is 5.97 Å². The molecule has 2 rings (SSSR count). The SMILES string of the molecule is CCSN(CC)C(=O)c1ccccc1-n1c(C)cc(C(=O)O)c1C. The van der Waals surface area contributed by atoms with Crippen LogP contribution in [0.4, 0.5) is 0 Å². The number of para-hydroxylation sites is 1. The van der Waals surface area contributed by atoms with Crippen LogP contribution in [0.1, 0.15) is 46.0 Å². The minimum absolute atomic E-state index is 0.0654. The Morgan fingerprint density at radius 2 is 1.83 bits per heavy atom. The van der Waals surface area contributed by atoms with Gasteiger partial charge in [-0.1, -0.05) is 19.1 Å². The zero-order chi connectivity index (χ0) is 17.9. The van der Waals surface area contributed by atoms with Crippen molar-refractivity contribution in [2.75, 3.05) is 12.3 Å². The van der Waals surface area contributed by atoms with Gasteiger partial charge < -0.3 is 9.67 Å². The Morgan fingerprint density at radius 1 is 1.17 bits per heavy atom. The monoisotopic (exact) mass is 346 g/mol. The molecule has 0 aliphatic rings. The highest BCUT2D eigenvalue weighted by molar-refractivity contribution is 7.97. The number of carboxylic acids is 1. The molecule has 128 valence electrons. The summed E-state index contributed by atoms with van der Waals surface area (Å²) in [7, 11) is 0. The third-order valence-electron chi connectivity index (χ3n) is 3.84. The van der Waals surface area contributed by atoms with Crippen LogP contribution in [-0.2, 0) is 0 Å². The number of amides is 1. The number of nitrogens with zero attached hydrogens (tertiary/aromatic N) is 2. The molecular formula is C18H22N2O3S. The van der Waals surface area contributed by atoms with E-state index in [1.807, 2.05) is 43.5 Å². The van der Waals surface area contributed by atoms with E-state index in [2.05, 4.69) is 0 Å². The van der Waals surface area contributed by atoms with Gasteiger partial charge in [-0.05, 0) is 50.9 Å². The molecule has 0 radical (unpaired) electrons. The van der Waals surface area contributed by atoms with Crippen molar-refractivity contribution in [3.8, 4) is 5.69 Å². The van der Waals surface area contributed by atoms with E-state index in [1.54, 1.807) is 23.4 Å². The first-order valence-corrected chi connectivity index (χ1v) is 8.83. The summed E-state index contributed by atoms with van der Waals surface area (Å²) in [5.74, 6) is -0.217. The van der Waals surface area contributed by atoms with E-state index in [4.69, 9.17) is 0 Å². The first kappa shape index (κ1) is 18.1. The number of rotatable bonds is 6. The number of aromatic carboxylic acids is 1. The summed E-state index contributed by atoms with van der Waals surface area (Å²) in [6, 6.07) is 8.96. The summed E-state index contributed by atoms with van der Waals surface area (Å²) < 4.78 is 3.56. The minimum atomic E-state index is -0.963. The van der Waals surface area contributed by atoms with Gasteiger partial charge in [0.05, 0.1) is 16.8 Å². The van der Waals surface area contributed by atoms with Crippen LogP contribution in [0.25, 0.3) is 5.69 Å². The van der Waals surface area contributed by atoms with Crippen molar-refractivity contribution in [3.05, 3.63) is 52.8 Å². The van der Waals surface area contributed by atoms with E-state index >= 15 is 0 Å². The molecule has 0 bridgehead atoms. The smallest absolute Gasteiger partial charge is 0.337 e. The third kappa shape index (κ3) is 3.33. The summed E-state index contributed by atoms with van der Waals surface area (Å²) in [5.41, 5.74) is 2.94. The van der Waals surface area contributed by atoms with Gasteiger partial charge in [0.15, 0.2) is 0 Å². The minimum Gasteiger partial charge on any atom is -0.478 e. The lowest BCUT2D eigenvalue weighted by atomic mass is 10.1. The molecule has 1 aromatic heterocycles. The zero-order valence-electron chi connectivity index (χ0n) is 14.4. The second-order valence-corrected chi connectivity index (χ2v) is 6.64. The van der Waals surface area contributed by atoms with Gasteiger partial charge in [0.1, 0.15) is 0 Å². The van der Waals surface area contributed by atoms with Gasteiger partial charge in [-0.15, -0.1) is 0 Å². The van der Waals surface area contributed by atoms with Crippen molar-refractivity contribution in [2.24, 2.45) is 0 Å². The van der Waals surface area contributed by atoms with Gasteiger partial charge in [0.2, 0.25) is 0 Å². The van der Waals surface area contributed by atoms with Crippen LogP contribution in [0, 0.1) is 13.8 Å². The molecule has 6 heteroatoms. The predicted octanol–water partition coefficient (Wildman–Crippen LogP) is 3.92. The molecule has 1 N–H and O–H groups in total. The fourth-order valence-electron chi connectivity index (χ4n) is 2.78. The third-order valence-corrected chi connectivity index (χ3v) is 4.83. The molecule has 5 nitrogen and oxygen atoms in total. The molecule has 2 aromatic rings. The summed E-state index contributed by atoms with van der Waals surface area (Å²) in [5, 5.41) is 9.33. The van der Waals surface area contributed by atoms with Crippen molar-refractivity contribution in [1.29, 1.82) is 0 Å². The lowest BCUT2D eigenvalue weighted by Crippen LogP contribution is -2.25. The second kappa shape index (κ2) is 7.57. The Balaban J connectivity index is 2.58. The summed E-state index contributed by atoms with van der Waals surface area (Å²) >= 11 is 1.48. The van der Waals surface area contributed by atoms with Crippen molar-refractivity contribution in [3.63, 3.8) is 0 Å². The average Bonchev–Trinajstić information content (AvgIpc) is 2.86. The van der Waals surface area contributed by atoms with Crippen molar-refractivity contribution < 1.29 is 14.7 Å². The molecule has 1 heterocycles. The molecule has 1 amide bonds. The number of hydrogen-bond acceptors (Lipinski definition) is 3. The van der Waals surface area contributed by atoms with E-state index in [-0.39, 0.29) is 11.5 Å². The summed E-state index contributed by atoms with van der Waals surface area (Å²) in [4.78, 5) is 24.3. The lowest BCUT2D eigenvalue weighted by Gasteiger charge is -2.21. The molecule has 0 aliphatic carbocycles. The average molecular weight is 346 g/mol. The number of carbonyl (C=O) groups is 2. The fourth-order valence-corrected chi connectivity index (χ4v) is 3.49. The zero-order valence-corrected chi connectivity index (χ0v) is 15.2.